The van der Waals surface area contributed by atoms with Crippen molar-refractivity contribution in [3.63, 3.8) is 0 Å². The van der Waals surface area contributed by atoms with Crippen molar-refractivity contribution in [2.45, 2.75) is 0 Å². The Balaban J connectivity index is 2.21. The maximum absolute atomic E-state index is 11.9. The van der Waals surface area contributed by atoms with Crippen molar-refractivity contribution in [1.29, 1.82) is 0 Å². The average molecular weight is 271 g/mol. The summed E-state index contributed by atoms with van der Waals surface area (Å²) in [7, 11) is 0. The lowest BCUT2D eigenvalue weighted by atomic mass is 10.1. The third kappa shape index (κ3) is 2.02. The molecule has 0 saturated heterocycles. The second-order valence-electron chi connectivity index (χ2n) is 3.99. The molecular weight excluding hydrogens is 262 g/mol. The topological polar surface area (TPSA) is 88.8 Å². The SMILES string of the molecule is NC(=O)c1cccc(-c2nc3ccsc3c(=O)[nH]2)c1. The molecule has 1 amide bonds. The summed E-state index contributed by atoms with van der Waals surface area (Å²) in [4.78, 5) is 30.1. The Hall–Kier alpha value is -2.47. The molecule has 19 heavy (non-hydrogen) atoms. The smallest absolute Gasteiger partial charge is 0.269 e. The van der Waals surface area contributed by atoms with Gasteiger partial charge in [-0.25, -0.2) is 4.98 Å². The molecule has 3 rings (SSSR count). The van der Waals surface area contributed by atoms with E-state index in [1.807, 2.05) is 5.38 Å². The zero-order valence-electron chi connectivity index (χ0n) is 9.71. The summed E-state index contributed by atoms with van der Waals surface area (Å²) in [5, 5.41) is 1.82. The Labute approximate surface area is 111 Å². The molecule has 0 saturated carbocycles. The van der Waals surface area contributed by atoms with Gasteiger partial charge in [-0.05, 0) is 23.6 Å². The molecule has 0 unspecified atom stereocenters. The third-order valence-electron chi connectivity index (χ3n) is 2.74. The molecule has 3 N–H and O–H groups in total. The number of nitrogens with two attached hydrogens (primary N) is 1. The lowest BCUT2D eigenvalue weighted by Gasteiger charge is -2.02. The van der Waals surface area contributed by atoms with Crippen LogP contribution in [0.2, 0.25) is 0 Å². The number of nitrogens with one attached hydrogen (secondary N) is 1. The van der Waals surface area contributed by atoms with Crippen molar-refractivity contribution in [3.05, 3.63) is 51.6 Å². The monoisotopic (exact) mass is 271 g/mol. The number of thiophene rings is 1. The van der Waals surface area contributed by atoms with Gasteiger partial charge in [0.1, 0.15) is 10.5 Å². The number of carbonyl (C=O) groups is 1. The fourth-order valence-corrected chi connectivity index (χ4v) is 2.56. The van der Waals surface area contributed by atoms with Gasteiger partial charge in [0.2, 0.25) is 5.91 Å². The van der Waals surface area contributed by atoms with E-state index in [-0.39, 0.29) is 5.56 Å². The molecule has 0 atom stereocenters. The largest absolute Gasteiger partial charge is 0.366 e. The van der Waals surface area contributed by atoms with Crippen molar-refractivity contribution in [2.24, 2.45) is 5.73 Å². The summed E-state index contributed by atoms with van der Waals surface area (Å²) in [6, 6.07) is 8.48. The first-order chi connectivity index (χ1) is 9.15. The van der Waals surface area contributed by atoms with Crippen molar-refractivity contribution in [3.8, 4) is 11.4 Å². The number of nitrogens with zero attached hydrogens (tertiary/aromatic N) is 1. The number of carbonyl (C=O) groups excluding carboxylic acids is 1. The van der Waals surface area contributed by atoms with E-state index in [0.717, 1.165) is 0 Å². The van der Waals surface area contributed by atoms with Gasteiger partial charge in [-0.2, -0.15) is 0 Å². The fraction of sp³-hybridized carbons (Fsp3) is 0. The molecule has 1 aromatic carbocycles. The molecule has 0 aliphatic rings. The van der Waals surface area contributed by atoms with Crippen LogP contribution in [-0.2, 0) is 0 Å². The zero-order valence-corrected chi connectivity index (χ0v) is 10.5. The van der Waals surface area contributed by atoms with Gasteiger partial charge in [0.15, 0.2) is 0 Å². The molecule has 5 nitrogen and oxygen atoms in total. The quantitative estimate of drug-likeness (QED) is 0.744. The Morgan fingerprint density at radius 2 is 2.16 bits per heavy atom. The predicted octanol–water partition coefficient (Wildman–Crippen LogP) is 1.75. The Morgan fingerprint density at radius 3 is 2.95 bits per heavy atom. The van der Waals surface area contributed by atoms with Crippen molar-refractivity contribution in [1.82, 2.24) is 9.97 Å². The van der Waals surface area contributed by atoms with E-state index < -0.39 is 5.91 Å². The van der Waals surface area contributed by atoms with Crippen molar-refractivity contribution in [2.75, 3.05) is 0 Å². The van der Waals surface area contributed by atoms with Gasteiger partial charge in [-0.3, -0.25) is 9.59 Å². The van der Waals surface area contributed by atoms with Crippen LogP contribution < -0.4 is 11.3 Å². The molecule has 2 aromatic heterocycles. The number of H-pyrrole nitrogens is 1. The van der Waals surface area contributed by atoms with E-state index in [4.69, 9.17) is 5.73 Å². The number of amides is 1. The number of primary amides is 1. The Morgan fingerprint density at radius 1 is 1.32 bits per heavy atom. The summed E-state index contributed by atoms with van der Waals surface area (Å²) in [6.45, 7) is 0. The molecule has 0 aliphatic heterocycles. The number of hydrogen-bond donors (Lipinski definition) is 2. The fourth-order valence-electron chi connectivity index (χ4n) is 1.83. The summed E-state index contributed by atoms with van der Waals surface area (Å²) in [5.74, 6) is -0.0835. The van der Waals surface area contributed by atoms with E-state index in [2.05, 4.69) is 9.97 Å². The first-order valence-corrected chi connectivity index (χ1v) is 6.41. The zero-order chi connectivity index (χ0) is 13.4. The van der Waals surface area contributed by atoms with Crippen LogP contribution in [-0.4, -0.2) is 15.9 Å². The second-order valence-corrected chi connectivity index (χ2v) is 4.91. The molecule has 3 aromatic rings. The number of rotatable bonds is 2. The van der Waals surface area contributed by atoms with E-state index in [9.17, 15) is 9.59 Å². The Bertz CT molecular complexity index is 835. The highest BCUT2D eigenvalue weighted by Gasteiger charge is 2.08. The molecule has 0 aliphatic carbocycles. The highest BCUT2D eigenvalue weighted by molar-refractivity contribution is 7.17. The van der Waals surface area contributed by atoms with E-state index in [1.54, 1.807) is 30.3 Å². The molecule has 0 fully saturated rings. The summed E-state index contributed by atoms with van der Waals surface area (Å²) in [5.41, 5.74) is 6.73. The number of benzene rings is 1. The van der Waals surface area contributed by atoms with Crippen molar-refractivity contribution >= 4 is 27.5 Å². The average Bonchev–Trinajstić information content (AvgIpc) is 2.87. The van der Waals surface area contributed by atoms with Crippen LogP contribution in [0.25, 0.3) is 21.6 Å². The molecule has 6 heteroatoms. The van der Waals surface area contributed by atoms with E-state index in [1.165, 1.54) is 11.3 Å². The minimum atomic E-state index is -0.513. The summed E-state index contributed by atoms with van der Waals surface area (Å²) < 4.78 is 0.592. The summed E-state index contributed by atoms with van der Waals surface area (Å²) >= 11 is 1.35. The van der Waals surface area contributed by atoms with Crippen LogP contribution in [0, 0.1) is 0 Å². The predicted molar refractivity (Wildman–Crippen MR) is 74.2 cm³/mol. The molecule has 0 spiro atoms. The van der Waals surface area contributed by atoms with Crippen LogP contribution in [0.3, 0.4) is 0 Å². The molecule has 2 heterocycles. The third-order valence-corrected chi connectivity index (χ3v) is 3.64. The van der Waals surface area contributed by atoms with Crippen molar-refractivity contribution < 1.29 is 4.79 Å². The van der Waals surface area contributed by atoms with Crippen LogP contribution in [0.15, 0.2) is 40.5 Å². The maximum Gasteiger partial charge on any atom is 0.269 e. The first-order valence-electron chi connectivity index (χ1n) is 5.53. The van der Waals surface area contributed by atoms with Gasteiger partial charge in [0, 0.05) is 11.1 Å². The molecule has 94 valence electrons. The highest BCUT2D eigenvalue weighted by atomic mass is 32.1. The normalized spacial score (nSPS) is 10.7. The van der Waals surface area contributed by atoms with Crippen LogP contribution >= 0.6 is 11.3 Å². The van der Waals surface area contributed by atoms with Crippen LogP contribution in [0.4, 0.5) is 0 Å². The molecule has 0 bridgehead atoms. The van der Waals surface area contributed by atoms with Gasteiger partial charge in [-0.1, -0.05) is 12.1 Å². The van der Waals surface area contributed by atoms with Crippen LogP contribution in [0.5, 0.6) is 0 Å². The summed E-state index contributed by atoms with van der Waals surface area (Å²) in [6.07, 6.45) is 0. The minimum Gasteiger partial charge on any atom is -0.366 e. The molecule has 0 radical (unpaired) electrons. The number of hydrogen-bond acceptors (Lipinski definition) is 4. The van der Waals surface area contributed by atoms with Gasteiger partial charge in [0.05, 0.1) is 5.52 Å². The van der Waals surface area contributed by atoms with E-state index in [0.29, 0.717) is 27.2 Å². The van der Waals surface area contributed by atoms with Gasteiger partial charge >= 0.3 is 0 Å². The number of aromatic nitrogens is 2. The highest BCUT2D eigenvalue weighted by Crippen LogP contribution is 2.19. The van der Waals surface area contributed by atoms with Crippen LogP contribution in [0.1, 0.15) is 10.4 Å². The lowest BCUT2D eigenvalue weighted by Crippen LogP contribution is -2.11. The lowest BCUT2D eigenvalue weighted by molar-refractivity contribution is 0.100. The standard InChI is InChI=1S/C13H9N3O2S/c14-11(17)7-2-1-3-8(6-7)12-15-9-4-5-19-10(9)13(18)16-12/h1-6H,(H2,14,17)(H,15,16,18). The first kappa shape index (κ1) is 11.6. The van der Waals surface area contributed by atoms with Gasteiger partial charge in [0.25, 0.3) is 5.56 Å². The molecular formula is C13H9N3O2S. The van der Waals surface area contributed by atoms with E-state index >= 15 is 0 Å². The Kier molecular flexibility index (Phi) is 2.64. The maximum atomic E-state index is 11.9. The number of aromatic amines is 1. The number of fused-ring (bicyclic) bond motifs is 1. The second kappa shape index (κ2) is 4.33. The van der Waals surface area contributed by atoms with Gasteiger partial charge in [-0.15, -0.1) is 11.3 Å². The minimum absolute atomic E-state index is 0.181. The van der Waals surface area contributed by atoms with Gasteiger partial charge < -0.3 is 10.7 Å².